The summed E-state index contributed by atoms with van der Waals surface area (Å²) < 4.78 is 0. The van der Waals surface area contributed by atoms with E-state index in [9.17, 15) is 14.8 Å². The van der Waals surface area contributed by atoms with Crippen LogP contribution in [0.15, 0.2) is 36.4 Å². The van der Waals surface area contributed by atoms with Gasteiger partial charge in [-0.25, -0.2) is 14.8 Å². The molecule has 0 spiro atoms. The quantitative estimate of drug-likeness (QED) is 0.564. The summed E-state index contributed by atoms with van der Waals surface area (Å²) in [7, 11) is 0. The topological polar surface area (TPSA) is 109 Å². The first-order valence-electron chi connectivity index (χ1n) is 5.98. The van der Waals surface area contributed by atoms with Gasteiger partial charge in [-0.05, 0) is 12.1 Å². The molecule has 0 bridgehead atoms. The van der Waals surface area contributed by atoms with Crippen LogP contribution in [0.5, 0.6) is 0 Å². The Morgan fingerprint density at radius 2 is 2.00 bits per heavy atom. The van der Waals surface area contributed by atoms with E-state index in [-0.39, 0.29) is 18.8 Å². The largest absolute Gasteiger partial charge is 0.352 e. The molecule has 0 aliphatic heterocycles. The number of primary amides is 1. The van der Waals surface area contributed by atoms with Gasteiger partial charge in [-0.1, -0.05) is 24.3 Å². The molecule has 4 N–H and O–H groups in total. The minimum absolute atomic E-state index is 0.0607. The van der Waals surface area contributed by atoms with Gasteiger partial charge in [0.05, 0.1) is 12.1 Å². The van der Waals surface area contributed by atoms with E-state index < -0.39 is 11.9 Å². The molecular formula is C13H14N4O3. The van der Waals surface area contributed by atoms with Gasteiger partial charge in [-0.3, -0.25) is 10.0 Å². The lowest BCUT2D eigenvalue weighted by Crippen LogP contribution is -2.38. The van der Waals surface area contributed by atoms with Crippen LogP contribution < -0.4 is 11.1 Å². The second-order valence-electron chi connectivity index (χ2n) is 4.11. The number of carbonyl (C=O) groups excluding carboxylic acids is 2. The number of para-hydroxylation sites is 1. The number of fused-ring (bicyclic) bond motifs is 1. The number of carbonyl (C=O) groups is 2. The van der Waals surface area contributed by atoms with Gasteiger partial charge in [-0.2, -0.15) is 0 Å². The van der Waals surface area contributed by atoms with Crippen molar-refractivity contribution in [3.05, 3.63) is 42.1 Å². The Bertz CT molecular complexity index is 644. The summed E-state index contributed by atoms with van der Waals surface area (Å²) in [6.07, 6.45) is 0. The number of nitrogens with zero attached hydrogens (tertiary/aromatic N) is 2. The van der Waals surface area contributed by atoms with E-state index in [1.807, 2.05) is 18.2 Å². The Balaban J connectivity index is 2.08. The van der Waals surface area contributed by atoms with Gasteiger partial charge in [0.1, 0.15) is 5.69 Å². The third kappa shape index (κ3) is 3.21. The molecule has 2 rings (SSSR count). The number of urea groups is 1. The summed E-state index contributed by atoms with van der Waals surface area (Å²) in [5.41, 5.74) is 5.68. The van der Waals surface area contributed by atoms with Crippen LogP contribution >= 0.6 is 0 Å². The number of hydrogen-bond acceptors (Lipinski definition) is 4. The maximum absolute atomic E-state index is 11.9. The van der Waals surface area contributed by atoms with Crippen molar-refractivity contribution >= 4 is 22.8 Å². The van der Waals surface area contributed by atoms with Gasteiger partial charge in [0.25, 0.3) is 5.91 Å². The van der Waals surface area contributed by atoms with Crippen LogP contribution in [0.25, 0.3) is 10.9 Å². The highest BCUT2D eigenvalue weighted by Crippen LogP contribution is 2.12. The van der Waals surface area contributed by atoms with E-state index in [2.05, 4.69) is 10.3 Å². The summed E-state index contributed by atoms with van der Waals surface area (Å²) in [6.45, 7) is -0.0125. The molecule has 1 heterocycles. The number of amides is 3. The molecule has 1 aromatic carbocycles. The third-order valence-electron chi connectivity index (χ3n) is 2.67. The first kappa shape index (κ1) is 13.8. The molecule has 0 saturated heterocycles. The van der Waals surface area contributed by atoms with Gasteiger partial charge >= 0.3 is 6.03 Å². The van der Waals surface area contributed by atoms with Crippen molar-refractivity contribution in [1.82, 2.24) is 15.4 Å². The fraction of sp³-hybridized carbons (Fsp3) is 0.154. The number of pyridine rings is 1. The molecule has 0 radical (unpaired) electrons. The lowest BCUT2D eigenvalue weighted by molar-refractivity contribution is -0.0568. The van der Waals surface area contributed by atoms with Crippen LogP contribution in [0.2, 0.25) is 0 Å². The average Bonchev–Trinajstić information content (AvgIpc) is 2.45. The van der Waals surface area contributed by atoms with Gasteiger partial charge in [0.2, 0.25) is 0 Å². The number of nitrogens with one attached hydrogen (secondary N) is 1. The predicted molar refractivity (Wildman–Crippen MR) is 72.2 cm³/mol. The van der Waals surface area contributed by atoms with Gasteiger partial charge < -0.3 is 11.1 Å². The van der Waals surface area contributed by atoms with Crippen LogP contribution in [0.3, 0.4) is 0 Å². The number of hydroxylamine groups is 2. The van der Waals surface area contributed by atoms with Gasteiger partial charge in [0.15, 0.2) is 0 Å². The molecular weight excluding hydrogens is 260 g/mol. The molecule has 20 heavy (non-hydrogen) atoms. The molecule has 0 fully saturated rings. The molecule has 104 valence electrons. The zero-order chi connectivity index (χ0) is 14.5. The maximum atomic E-state index is 11.9. The predicted octanol–water partition coefficient (Wildman–Crippen LogP) is 0.735. The smallest absolute Gasteiger partial charge is 0.312 e. The van der Waals surface area contributed by atoms with Crippen molar-refractivity contribution < 1.29 is 14.8 Å². The highest BCUT2D eigenvalue weighted by molar-refractivity contribution is 5.94. The SMILES string of the molecule is NC(=O)NCCN(O)C(=O)c1ccc2ccccc2n1. The summed E-state index contributed by atoms with van der Waals surface area (Å²) in [5, 5.41) is 13.3. The van der Waals surface area contributed by atoms with Crippen molar-refractivity contribution in [2.24, 2.45) is 5.73 Å². The Morgan fingerprint density at radius 3 is 2.75 bits per heavy atom. The second-order valence-corrected chi connectivity index (χ2v) is 4.11. The molecule has 0 aliphatic rings. The molecule has 3 amide bonds. The molecule has 1 aromatic heterocycles. The van der Waals surface area contributed by atoms with Crippen LogP contribution in [-0.4, -0.2) is 40.3 Å². The lowest BCUT2D eigenvalue weighted by Gasteiger charge is -2.14. The summed E-state index contributed by atoms with van der Waals surface area (Å²) in [4.78, 5) is 26.6. The van der Waals surface area contributed by atoms with E-state index in [1.165, 1.54) is 6.07 Å². The highest BCUT2D eigenvalue weighted by atomic mass is 16.5. The number of nitrogens with two attached hydrogens (primary N) is 1. The number of hydrogen-bond donors (Lipinski definition) is 3. The molecule has 7 heteroatoms. The van der Waals surface area contributed by atoms with Crippen molar-refractivity contribution in [2.75, 3.05) is 13.1 Å². The third-order valence-corrected chi connectivity index (χ3v) is 2.67. The van der Waals surface area contributed by atoms with Gasteiger partial charge in [-0.15, -0.1) is 0 Å². The van der Waals surface area contributed by atoms with Crippen LogP contribution in [-0.2, 0) is 0 Å². The minimum atomic E-state index is -0.713. The molecule has 0 unspecified atom stereocenters. The van der Waals surface area contributed by atoms with Crippen LogP contribution in [0.4, 0.5) is 4.79 Å². The maximum Gasteiger partial charge on any atom is 0.312 e. The zero-order valence-corrected chi connectivity index (χ0v) is 10.6. The molecule has 0 aliphatic carbocycles. The Kier molecular flexibility index (Phi) is 4.11. The van der Waals surface area contributed by atoms with E-state index >= 15 is 0 Å². The molecule has 2 aromatic rings. The Hall–Kier alpha value is -2.67. The lowest BCUT2D eigenvalue weighted by atomic mass is 10.2. The van der Waals surface area contributed by atoms with Crippen LogP contribution in [0.1, 0.15) is 10.5 Å². The van der Waals surface area contributed by atoms with E-state index in [4.69, 9.17) is 5.73 Å². The first-order valence-corrected chi connectivity index (χ1v) is 5.98. The molecule has 0 saturated carbocycles. The molecule has 7 nitrogen and oxygen atoms in total. The van der Waals surface area contributed by atoms with E-state index in [0.717, 1.165) is 5.39 Å². The monoisotopic (exact) mass is 274 g/mol. The number of benzene rings is 1. The van der Waals surface area contributed by atoms with Crippen LogP contribution in [0, 0.1) is 0 Å². The van der Waals surface area contributed by atoms with Crippen molar-refractivity contribution in [3.8, 4) is 0 Å². The second kappa shape index (κ2) is 5.98. The Morgan fingerprint density at radius 1 is 1.25 bits per heavy atom. The highest BCUT2D eigenvalue weighted by Gasteiger charge is 2.15. The fourth-order valence-corrected chi connectivity index (χ4v) is 1.70. The molecule has 0 atom stereocenters. The zero-order valence-electron chi connectivity index (χ0n) is 10.6. The van der Waals surface area contributed by atoms with Gasteiger partial charge in [0, 0.05) is 11.9 Å². The average molecular weight is 274 g/mol. The summed E-state index contributed by atoms with van der Waals surface area (Å²) in [5.74, 6) is -0.637. The van der Waals surface area contributed by atoms with Crippen molar-refractivity contribution in [1.29, 1.82) is 0 Å². The summed E-state index contributed by atoms with van der Waals surface area (Å²) >= 11 is 0. The normalized spacial score (nSPS) is 10.2. The fourth-order valence-electron chi connectivity index (χ4n) is 1.70. The standard InChI is InChI=1S/C13H14N4O3/c14-13(19)15-7-8-17(20)12(18)11-6-5-9-3-1-2-4-10(9)16-11/h1-6,20H,7-8H2,(H3,14,15,19). The number of rotatable bonds is 4. The van der Waals surface area contributed by atoms with Crippen molar-refractivity contribution in [2.45, 2.75) is 0 Å². The van der Waals surface area contributed by atoms with E-state index in [1.54, 1.807) is 12.1 Å². The van der Waals surface area contributed by atoms with Crippen molar-refractivity contribution in [3.63, 3.8) is 0 Å². The number of aromatic nitrogens is 1. The first-order chi connectivity index (χ1) is 9.58. The minimum Gasteiger partial charge on any atom is -0.352 e. The Labute approximate surface area is 115 Å². The van der Waals surface area contributed by atoms with E-state index in [0.29, 0.717) is 10.6 Å². The summed E-state index contributed by atoms with van der Waals surface area (Å²) in [6, 6.07) is 9.93.